The number of alkyl halides is 5. The second-order valence-corrected chi connectivity index (χ2v) is 6.93. The van der Waals surface area contributed by atoms with Gasteiger partial charge in [0.2, 0.25) is 0 Å². The van der Waals surface area contributed by atoms with E-state index in [2.05, 4.69) is 4.98 Å². The number of allylic oxidation sites excluding steroid dienone is 1. The van der Waals surface area contributed by atoms with E-state index in [-0.39, 0.29) is 17.3 Å². The Labute approximate surface area is 156 Å². The van der Waals surface area contributed by atoms with Crippen LogP contribution in [0.15, 0.2) is 28.8 Å². The number of nitrogens with zero attached hydrogens (tertiary/aromatic N) is 2. The number of halogens is 5. The van der Waals surface area contributed by atoms with Gasteiger partial charge in [0, 0.05) is 23.2 Å². The summed E-state index contributed by atoms with van der Waals surface area (Å²) in [5.74, 6) is -4.27. The predicted octanol–water partition coefficient (Wildman–Crippen LogP) is 3.86. The molecule has 0 radical (unpaired) electrons. The van der Waals surface area contributed by atoms with Gasteiger partial charge in [-0.3, -0.25) is 0 Å². The van der Waals surface area contributed by atoms with Gasteiger partial charge in [0.25, 0.3) is 0 Å². The fourth-order valence-corrected chi connectivity index (χ4v) is 3.12. The summed E-state index contributed by atoms with van der Waals surface area (Å²) in [5, 5.41) is 0. The van der Waals surface area contributed by atoms with Crippen molar-refractivity contribution < 1.29 is 22.0 Å². The van der Waals surface area contributed by atoms with Crippen molar-refractivity contribution in [2.24, 2.45) is 12.8 Å². The van der Waals surface area contributed by atoms with Crippen LogP contribution in [0.4, 0.5) is 33.5 Å². The van der Waals surface area contributed by atoms with Crippen molar-refractivity contribution in [3.8, 4) is 11.4 Å². The Bertz CT molecular complexity index is 873. The van der Waals surface area contributed by atoms with Crippen molar-refractivity contribution in [2.45, 2.75) is 23.9 Å². The lowest BCUT2D eigenvalue weighted by Crippen LogP contribution is -2.41. The van der Waals surface area contributed by atoms with Gasteiger partial charge in [-0.05, 0) is 30.0 Å². The Morgan fingerprint density at radius 1 is 1.22 bits per heavy atom. The number of thioether (sulfide) groups is 1. The molecule has 6 N–H and O–H groups in total. The van der Waals surface area contributed by atoms with Crippen LogP contribution < -0.4 is 17.2 Å². The smallest absolute Gasteiger partial charge is 0.399 e. The summed E-state index contributed by atoms with van der Waals surface area (Å²) in [5.41, 5.74) is 15.8. The minimum absolute atomic E-state index is 0.102. The number of rotatable bonds is 5. The number of imidazole rings is 1. The summed E-state index contributed by atoms with van der Waals surface area (Å²) in [7, 11) is 1.52. The number of aromatic nitrogens is 2. The van der Waals surface area contributed by atoms with E-state index in [0.29, 0.717) is 17.3 Å². The molecule has 0 saturated heterocycles. The molecule has 11 heteroatoms. The maximum absolute atomic E-state index is 13.4. The molecular formula is C16H18F5N5S. The van der Waals surface area contributed by atoms with Gasteiger partial charge in [0.15, 0.2) is 0 Å². The highest BCUT2D eigenvalue weighted by molar-refractivity contribution is 7.99. The van der Waals surface area contributed by atoms with Gasteiger partial charge in [-0.25, -0.2) is 4.98 Å². The maximum atomic E-state index is 13.4. The molecule has 0 saturated carbocycles. The highest BCUT2D eigenvalue weighted by atomic mass is 32.2. The van der Waals surface area contributed by atoms with Crippen LogP contribution in [-0.2, 0) is 7.05 Å². The molecule has 0 atom stereocenters. The van der Waals surface area contributed by atoms with E-state index < -0.39 is 17.8 Å². The van der Waals surface area contributed by atoms with Gasteiger partial charge in [-0.15, -0.1) is 11.8 Å². The van der Waals surface area contributed by atoms with Crippen molar-refractivity contribution in [2.75, 3.05) is 17.2 Å². The topological polar surface area (TPSA) is 95.9 Å². The van der Waals surface area contributed by atoms with E-state index in [4.69, 9.17) is 17.2 Å². The first-order valence-corrected chi connectivity index (χ1v) is 8.65. The molecule has 0 bridgehead atoms. The summed E-state index contributed by atoms with van der Waals surface area (Å²) in [4.78, 5) is 4.89. The SMILES string of the molecule is CCSc1cc(N)ccc1-c1nc(/C=C(\N)C(F)(F)C(F)(F)F)c(N)n1C. The second-order valence-electron chi connectivity index (χ2n) is 5.63. The predicted molar refractivity (Wildman–Crippen MR) is 97.0 cm³/mol. The zero-order valence-electron chi connectivity index (χ0n) is 14.4. The molecule has 2 aromatic rings. The van der Waals surface area contributed by atoms with Crippen LogP contribution in [0.25, 0.3) is 17.5 Å². The molecule has 2 rings (SSSR count). The third-order valence-electron chi connectivity index (χ3n) is 3.73. The van der Waals surface area contributed by atoms with E-state index >= 15 is 0 Å². The zero-order chi connectivity index (χ0) is 20.6. The first-order valence-electron chi connectivity index (χ1n) is 7.67. The lowest BCUT2D eigenvalue weighted by atomic mass is 10.2. The van der Waals surface area contributed by atoms with E-state index in [9.17, 15) is 22.0 Å². The molecule has 0 aliphatic rings. The molecule has 1 aromatic heterocycles. The Hall–Kier alpha value is -2.43. The third kappa shape index (κ3) is 3.97. The molecule has 0 fully saturated rings. The van der Waals surface area contributed by atoms with Crippen LogP contribution in [0.3, 0.4) is 0 Å². The molecule has 0 unspecified atom stereocenters. The summed E-state index contributed by atoms with van der Waals surface area (Å²) in [6.07, 6.45) is -5.38. The second kappa shape index (κ2) is 7.29. The number of nitrogens with two attached hydrogens (primary N) is 3. The lowest BCUT2D eigenvalue weighted by molar-refractivity contribution is -0.264. The lowest BCUT2D eigenvalue weighted by Gasteiger charge is -2.19. The minimum Gasteiger partial charge on any atom is -0.399 e. The van der Waals surface area contributed by atoms with E-state index in [1.54, 1.807) is 18.2 Å². The molecule has 0 amide bonds. The van der Waals surface area contributed by atoms with Crippen LogP contribution in [0.2, 0.25) is 0 Å². The van der Waals surface area contributed by atoms with E-state index in [0.717, 1.165) is 10.6 Å². The van der Waals surface area contributed by atoms with Gasteiger partial charge in [-0.2, -0.15) is 22.0 Å². The molecule has 27 heavy (non-hydrogen) atoms. The molecule has 0 aliphatic heterocycles. The van der Waals surface area contributed by atoms with Gasteiger partial charge < -0.3 is 21.8 Å². The van der Waals surface area contributed by atoms with Crippen LogP contribution in [0, 0.1) is 0 Å². The van der Waals surface area contributed by atoms with E-state index in [1.165, 1.54) is 23.4 Å². The standard InChI is InChI=1S/C16H18F5N5S/c1-3-27-11-6-8(22)4-5-9(11)14-25-10(13(24)26(14)2)7-12(23)15(17,18)16(19,20)21/h4-7H,3,22-24H2,1-2H3/b12-7-. The molecule has 5 nitrogen and oxygen atoms in total. The zero-order valence-corrected chi connectivity index (χ0v) is 15.3. The highest BCUT2D eigenvalue weighted by Crippen LogP contribution is 2.40. The maximum Gasteiger partial charge on any atom is 0.459 e. The minimum atomic E-state index is -5.82. The average Bonchev–Trinajstić information content (AvgIpc) is 2.83. The van der Waals surface area contributed by atoms with Crippen molar-refractivity contribution in [1.82, 2.24) is 9.55 Å². The highest BCUT2D eigenvalue weighted by Gasteiger charge is 2.59. The van der Waals surface area contributed by atoms with Crippen LogP contribution in [0.1, 0.15) is 12.6 Å². The summed E-state index contributed by atoms with van der Waals surface area (Å²) in [6, 6.07) is 5.02. The Balaban J connectivity index is 2.57. The van der Waals surface area contributed by atoms with Crippen molar-refractivity contribution in [3.63, 3.8) is 0 Å². The Morgan fingerprint density at radius 2 is 1.85 bits per heavy atom. The molecule has 1 aromatic carbocycles. The first-order chi connectivity index (χ1) is 12.4. The summed E-state index contributed by atoms with van der Waals surface area (Å²) >= 11 is 1.47. The van der Waals surface area contributed by atoms with E-state index in [1.807, 2.05) is 6.92 Å². The summed E-state index contributed by atoms with van der Waals surface area (Å²) in [6.45, 7) is 1.93. The number of hydrogen-bond acceptors (Lipinski definition) is 5. The molecule has 148 valence electrons. The summed E-state index contributed by atoms with van der Waals surface area (Å²) < 4.78 is 65.5. The molecule has 0 spiro atoms. The monoisotopic (exact) mass is 407 g/mol. The van der Waals surface area contributed by atoms with Gasteiger partial charge in [0.05, 0.1) is 5.70 Å². The van der Waals surface area contributed by atoms with Crippen molar-refractivity contribution >= 4 is 29.3 Å². The molecular weight excluding hydrogens is 389 g/mol. The fourth-order valence-electron chi connectivity index (χ4n) is 2.28. The third-order valence-corrected chi connectivity index (χ3v) is 4.66. The van der Waals surface area contributed by atoms with Crippen LogP contribution >= 0.6 is 11.8 Å². The number of nitrogen functional groups attached to an aromatic ring is 2. The number of anilines is 2. The quantitative estimate of drug-likeness (QED) is 0.397. The number of hydrogen-bond donors (Lipinski definition) is 3. The number of benzene rings is 1. The first kappa shape index (κ1) is 20.9. The van der Waals surface area contributed by atoms with Gasteiger partial charge in [0.1, 0.15) is 17.3 Å². The van der Waals surface area contributed by atoms with Crippen LogP contribution in [0.5, 0.6) is 0 Å². The van der Waals surface area contributed by atoms with Crippen molar-refractivity contribution in [3.05, 3.63) is 29.6 Å². The Morgan fingerprint density at radius 3 is 2.41 bits per heavy atom. The largest absolute Gasteiger partial charge is 0.459 e. The average molecular weight is 407 g/mol. The fraction of sp³-hybridized carbons (Fsp3) is 0.312. The van der Waals surface area contributed by atoms with Crippen molar-refractivity contribution in [1.29, 1.82) is 0 Å². The van der Waals surface area contributed by atoms with Crippen LogP contribution in [-0.4, -0.2) is 27.4 Å². The normalized spacial score (nSPS) is 13.2. The molecule has 0 aliphatic carbocycles. The van der Waals surface area contributed by atoms with Gasteiger partial charge in [-0.1, -0.05) is 6.92 Å². The van der Waals surface area contributed by atoms with Gasteiger partial charge >= 0.3 is 12.1 Å². The Kier molecular flexibility index (Phi) is 5.64. The molecule has 1 heterocycles.